The Morgan fingerprint density at radius 3 is 2.67 bits per heavy atom. The number of nitrogens with zero attached hydrogens (tertiary/aromatic N) is 1. The Kier molecular flexibility index (Phi) is 3.61. The van der Waals surface area contributed by atoms with E-state index < -0.39 is 10.0 Å². The van der Waals surface area contributed by atoms with Crippen molar-refractivity contribution in [3.05, 3.63) is 53.0 Å². The van der Waals surface area contributed by atoms with Crippen LogP contribution in [0, 0.1) is 6.92 Å². The van der Waals surface area contributed by atoms with E-state index in [1.54, 1.807) is 6.92 Å². The van der Waals surface area contributed by atoms with E-state index in [1.165, 1.54) is 15.9 Å². The van der Waals surface area contributed by atoms with Crippen LogP contribution in [0.5, 0.6) is 0 Å². The van der Waals surface area contributed by atoms with Gasteiger partial charge in [-0.25, -0.2) is 8.42 Å². The van der Waals surface area contributed by atoms with Gasteiger partial charge >= 0.3 is 0 Å². The average molecular weight is 307 g/mol. The van der Waals surface area contributed by atoms with Gasteiger partial charge in [0.25, 0.3) is 0 Å². The summed E-state index contributed by atoms with van der Waals surface area (Å²) in [5.74, 6) is 0.585. The zero-order valence-electron chi connectivity index (χ0n) is 11.7. The molecule has 0 spiro atoms. The number of aliphatic hydroxyl groups excluding tert-OH is 1. The predicted molar refractivity (Wildman–Crippen MR) is 77.1 cm³/mol. The van der Waals surface area contributed by atoms with E-state index in [9.17, 15) is 8.42 Å². The molecule has 0 bridgehead atoms. The highest BCUT2D eigenvalue weighted by atomic mass is 32.2. The minimum atomic E-state index is -3.60. The Hall–Kier alpha value is -1.63. The van der Waals surface area contributed by atoms with Crippen molar-refractivity contribution < 1.29 is 17.9 Å². The maximum absolute atomic E-state index is 12.7. The molecule has 0 saturated heterocycles. The molecule has 0 fully saturated rings. The molecule has 21 heavy (non-hydrogen) atoms. The summed E-state index contributed by atoms with van der Waals surface area (Å²) in [7, 11) is -3.60. The van der Waals surface area contributed by atoms with Crippen molar-refractivity contribution in [1.82, 2.24) is 4.31 Å². The largest absolute Gasteiger partial charge is 0.462 e. The van der Waals surface area contributed by atoms with Gasteiger partial charge in [-0.2, -0.15) is 4.31 Å². The fraction of sp³-hybridized carbons (Fsp3) is 0.333. The minimum absolute atomic E-state index is 0.144. The van der Waals surface area contributed by atoms with Crippen molar-refractivity contribution in [3.63, 3.8) is 0 Å². The summed E-state index contributed by atoms with van der Waals surface area (Å²) in [5, 5.41) is 9.08. The van der Waals surface area contributed by atoms with Gasteiger partial charge in [0.15, 0.2) is 0 Å². The Bertz CT molecular complexity index is 764. The third kappa shape index (κ3) is 2.50. The Balaban J connectivity index is 1.95. The molecule has 112 valence electrons. The quantitative estimate of drug-likeness (QED) is 0.939. The number of aryl methyl sites for hydroxylation is 1. The van der Waals surface area contributed by atoms with E-state index in [-0.39, 0.29) is 17.3 Å². The summed E-state index contributed by atoms with van der Waals surface area (Å²) >= 11 is 0. The highest BCUT2D eigenvalue weighted by Gasteiger charge is 2.31. The SMILES string of the molecule is Cc1oc(CO)cc1S(=O)(=O)N1CCc2ccccc2C1. The van der Waals surface area contributed by atoms with E-state index in [0.29, 0.717) is 25.3 Å². The first-order valence-corrected chi connectivity index (χ1v) is 8.23. The monoisotopic (exact) mass is 307 g/mol. The summed E-state index contributed by atoms with van der Waals surface area (Å²) in [5.41, 5.74) is 2.24. The lowest BCUT2D eigenvalue weighted by atomic mass is 10.0. The molecule has 3 rings (SSSR count). The lowest BCUT2D eigenvalue weighted by Crippen LogP contribution is -2.36. The van der Waals surface area contributed by atoms with Crippen molar-refractivity contribution in [2.45, 2.75) is 31.4 Å². The number of rotatable bonds is 3. The summed E-state index contributed by atoms with van der Waals surface area (Å²) in [6.45, 7) is 2.12. The second-order valence-corrected chi connectivity index (χ2v) is 7.05. The molecule has 6 heteroatoms. The zero-order chi connectivity index (χ0) is 15.0. The highest BCUT2D eigenvalue weighted by molar-refractivity contribution is 7.89. The number of aliphatic hydroxyl groups is 1. The van der Waals surface area contributed by atoms with Gasteiger partial charge in [-0.05, 0) is 24.5 Å². The van der Waals surface area contributed by atoms with E-state index in [1.807, 2.05) is 24.3 Å². The molecule has 1 aromatic heterocycles. The minimum Gasteiger partial charge on any atom is -0.462 e. The Morgan fingerprint density at radius 2 is 2.00 bits per heavy atom. The fourth-order valence-corrected chi connectivity index (χ4v) is 4.28. The second kappa shape index (κ2) is 5.29. The molecule has 5 nitrogen and oxygen atoms in total. The van der Waals surface area contributed by atoms with Crippen LogP contribution < -0.4 is 0 Å². The van der Waals surface area contributed by atoms with Crippen LogP contribution in [-0.4, -0.2) is 24.4 Å². The van der Waals surface area contributed by atoms with Gasteiger partial charge in [-0.1, -0.05) is 24.3 Å². The molecule has 1 N–H and O–H groups in total. The van der Waals surface area contributed by atoms with Crippen molar-refractivity contribution in [2.24, 2.45) is 0 Å². The highest BCUT2D eigenvalue weighted by Crippen LogP contribution is 2.28. The van der Waals surface area contributed by atoms with E-state index in [0.717, 1.165) is 5.56 Å². The molecule has 0 amide bonds. The van der Waals surface area contributed by atoms with E-state index >= 15 is 0 Å². The van der Waals surface area contributed by atoms with Gasteiger partial charge in [0.2, 0.25) is 10.0 Å². The van der Waals surface area contributed by atoms with Gasteiger partial charge in [-0.3, -0.25) is 0 Å². The van der Waals surface area contributed by atoms with Gasteiger partial charge < -0.3 is 9.52 Å². The average Bonchev–Trinajstić information content (AvgIpc) is 2.88. The second-order valence-electron chi connectivity index (χ2n) is 5.15. The normalized spacial score (nSPS) is 15.9. The molecule has 0 unspecified atom stereocenters. The van der Waals surface area contributed by atoms with Crippen LogP contribution >= 0.6 is 0 Å². The molecule has 1 aliphatic rings. The van der Waals surface area contributed by atoms with E-state index in [2.05, 4.69) is 0 Å². The van der Waals surface area contributed by atoms with Crippen molar-refractivity contribution >= 4 is 10.0 Å². The van der Waals surface area contributed by atoms with Crippen molar-refractivity contribution in [1.29, 1.82) is 0 Å². The van der Waals surface area contributed by atoms with Crippen molar-refractivity contribution in [2.75, 3.05) is 6.54 Å². The standard InChI is InChI=1S/C15H17NO4S/c1-11-15(8-14(10-17)20-11)21(18,19)16-7-6-12-4-2-3-5-13(12)9-16/h2-5,8,17H,6-7,9-10H2,1H3. The Labute approximate surface area is 123 Å². The molecular formula is C15H17NO4S. The number of hydrogen-bond donors (Lipinski definition) is 1. The third-order valence-corrected chi connectivity index (χ3v) is 5.75. The molecule has 0 atom stereocenters. The van der Waals surface area contributed by atoms with Crippen LogP contribution in [0.4, 0.5) is 0 Å². The first-order chi connectivity index (χ1) is 10.0. The predicted octanol–water partition coefficient (Wildman–Crippen LogP) is 1.83. The lowest BCUT2D eigenvalue weighted by molar-refractivity contribution is 0.244. The number of hydrogen-bond acceptors (Lipinski definition) is 4. The number of benzene rings is 1. The molecule has 1 aromatic carbocycles. The molecular weight excluding hydrogens is 290 g/mol. The fourth-order valence-electron chi connectivity index (χ4n) is 2.67. The zero-order valence-corrected chi connectivity index (χ0v) is 12.6. The smallest absolute Gasteiger partial charge is 0.246 e. The topological polar surface area (TPSA) is 70.8 Å². The van der Waals surface area contributed by atoms with Gasteiger partial charge in [0.05, 0.1) is 0 Å². The van der Waals surface area contributed by atoms with E-state index in [4.69, 9.17) is 9.52 Å². The van der Waals surface area contributed by atoms with Gasteiger partial charge in [0.1, 0.15) is 23.0 Å². The summed E-state index contributed by atoms with van der Waals surface area (Å²) < 4.78 is 32.2. The van der Waals surface area contributed by atoms with Crippen molar-refractivity contribution in [3.8, 4) is 0 Å². The summed E-state index contributed by atoms with van der Waals surface area (Å²) in [4.78, 5) is 0.144. The summed E-state index contributed by atoms with van der Waals surface area (Å²) in [6.07, 6.45) is 0.707. The van der Waals surface area contributed by atoms with Crippen LogP contribution in [0.1, 0.15) is 22.6 Å². The molecule has 0 saturated carbocycles. The molecule has 0 radical (unpaired) electrons. The molecule has 0 aliphatic carbocycles. The molecule has 2 aromatic rings. The molecule has 2 heterocycles. The first-order valence-electron chi connectivity index (χ1n) is 6.79. The molecule has 1 aliphatic heterocycles. The number of furan rings is 1. The van der Waals surface area contributed by atoms with Crippen LogP contribution in [0.15, 0.2) is 39.6 Å². The van der Waals surface area contributed by atoms with Crippen LogP contribution in [0.2, 0.25) is 0 Å². The van der Waals surface area contributed by atoms with Gasteiger partial charge in [0, 0.05) is 19.2 Å². The third-order valence-electron chi connectivity index (χ3n) is 3.79. The first kappa shape index (κ1) is 14.3. The summed E-state index contributed by atoms with van der Waals surface area (Å²) in [6, 6.07) is 9.29. The maximum Gasteiger partial charge on any atom is 0.246 e. The number of fused-ring (bicyclic) bond motifs is 1. The van der Waals surface area contributed by atoms with Gasteiger partial charge in [-0.15, -0.1) is 0 Å². The lowest BCUT2D eigenvalue weighted by Gasteiger charge is -2.27. The number of sulfonamides is 1. The Morgan fingerprint density at radius 1 is 1.29 bits per heavy atom. The van der Waals surface area contributed by atoms with Crippen LogP contribution in [0.3, 0.4) is 0 Å². The van der Waals surface area contributed by atoms with Crippen LogP contribution in [-0.2, 0) is 29.6 Å². The van der Waals surface area contributed by atoms with Crippen LogP contribution in [0.25, 0.3) is 0 Å². The maximum atomic E-state index is 12.7.